The van der Waals surface area contributed by atoms with Crippen molar-refractivity contribution in [3.05, 3.63) is 13.7 Å². The molecular formula is C5H7I2N2+. The predicted octanol–water partition coefficient (Wildman–Crippen LogP) is 1.06. The Balaban J connectivity index is 3.29. The third-order valence-electron chi connectivity index (χ3n) is 1.14. The fourth-order valence-corrected chi connectivity index (χ4v) is 1.66. The molecule has 1 aromatic heterocycles. The zero-order valence-electron chi connectivity index (χ0n) is 5.23. The van der Waals surface area contributed by atoms with Crippen LogP contribution >= 0.6 is 45.2 Å². The van der Waals surface area contributed by atoms with Crippen molar-refractivity contribution in [1.29, 1.82) is 0 Å². The van der Waals surface area contributed by atoms with Crippen LogP contribution in [-0.4, -0.2) is 4.57 Å². The van der Waals surface area contributed by atoms with Crippen LogP contribution in [0, 0.1) is 7.40 Å². The van der Waals surface area contributed by atoms with Gasteiger partial charge in [0.2, 0.25) is 13.7 Å². The van der Waals surface area contributed by atoms with Crippen molar-refractivity contribution in [3.63, 3.8) is 0 Å². The molecule has 0 unspecified atom stereocenters. The third kappa shape index (κ3) is 1.39. The average Bonchev–Trinajstić information content (AvgIpc) is 1.98. The molecule has 0 saturated carbocycles. The first-order valence-electron chi connectivity index (χ1n) is 2.49. The van der Waals surface area contributed by atoms with Crippen molar-refractivity contribution < 1.29 is 4.57 Å². The van der Waals surface area contributed by atoms with Crippen LogP contribution in [0.15, 0.2) is 6.33 Å². The number of rotatable bonds is 0. The minimum Gasteiger partial charge on any atom is -0.227 e. The van der Waals surface area contributed by atoms with Gasteiger partial charge in [-0.15, -0.1) is 0 Å². The molecule has 0 saturated heterocycles. The van der Waals surface area contributed by atoms with Gasteiger partial charge in [-0.25, -0.2) is 9.13 Å². The largest absolute Gasteiger partial charge is 0.245 e. The molecule has 1 rings (SSSR count). The first kappa shape index (κ1) is 7.77. The van der Waals surface area contributed by atoms with Crippen molar-refractivity contribution in [2.24, 2.45) is 14.1 Å². The lowest BCUT2D eigenvalue weighted by Gasteiger charge is -1.80. The highest BCUT2D eigenvalue weighted by atomic mass is 127. The van der Waals surface area contributed by atoms with E-state index in [1.54, 1.807) is 0 Å². The van der Waals surface area contributed by atoms with E-state index in [1.165, 1.54) is 7.40 Å². The standard InChI is InChI=1S/C5H7I2N2/c1-8-3-9(2)5(7)4(8)6/h3H,1-2H3/q+1. The van der Waals surface area contributed by atoms with Crippen LogP contribution in [0.25, 0.3) is 0 Å². The van der Waals surface area contributed by atoms with E-state index in [9.17, 15) is 0 Å². The number of hydrogen-bond acceptors (Lipinski definition) is 0. The number of hydrogen-bond donors (Lipinski definition) is 0. The van der Waals surface area contributed by atoms with Crippen LogP contribution < -0.4 is 4.57 Å². The van der Waals surface area contributed by atoms with Crippen molar-refractivity contribution in [2.45, 2.75) is 0 Å². The van der Waals surface area contributed by atoms with Gasteiger partial charge in [0.15, 0.2) is 0 Å². The summed E-state index contributed by atoms with van der Waals surface area (Å²) in [6.07, 6.45) is 2.06. The van der Waals surface area contributed by atoms with Crippen LogP contribution in [0.2, 0.25) is 0 Å². The maximum Gasteiger partial charge on any atom is 0.245 e. The normalized spacial score (nSPS) is 10.2. The molecule has 0 bridgehead atoms. The maximum absolute atomic E-state index is 2.32. The fraction of sp³-hybridized carbons (Fsp3) is 0.400. The number of aryl methyl sites for hydroxylation is 2. The van der Waals surface area contributed by atoms with Crippen LogP contribution in [-0.2, 0) is 14.1 Å². The molecule has 0 spiro atoms. The Bertz CT molecular complexity index is 207. The summed E-state index contributed by atoms with van der Waals surface area (Å²) in [5, 5.41) is 0. The molecule has 0 amide bonds. The summed E-state index contributed by atoms with van der Waals surface area (Å²) in [6, 6.07) is 0. The molecule has 0 aliphatic rings. The molecule has 1 aromatic rings. The lowest BCUT2D eigenvalue weighted by Crippen LogP contribution is -2.28. The van der Waals surface area contributed by atoms with Gasteiger partial charge in [-0.2, -0.15) is 0 Å². The SMILES string of the molecule is Cn1c[n+](C)c(I)c1I. The van der Waals surface area contributed by atoms with Gasteiger partial charge in [0, 0.05) is 45.2 Å². The van der Waals surface area contributed by atoms with Crippen molar-refractivity contribution in [1.82, 2.24) is 4.57 Å². The molecule has 0 aliphatic heterocycles. The number of aromatic nitrogens is 2. The molecule has 0 aromatic carbocycles. The smallest absolute Gasteiger partial charge is 0.227 e. The van der Waals surface area contributed by atoms with E-state index in [4.69, 9.17) is 0 Å². The van der Waals surface area contributed by atoms with E-state index in [1.807, 2.05) is 14.1 Å². The number of imidazole rings is 1. The Labute approximate surface area is 81.5 Å². The Hall–Kier alpha value is 0.670. The molecule has 2 nitrogen and oxygen atoms in total. The Kier molecular flexibility index (Phi) is 2.36. The summed E-state index contributed by atoms with van der Waals surface area (Å²) in [5.74, 6) is 0. The van der Waals surface area contributed by atoms with Crippen molar-refractivity contribution in [2.75, 3.05) is 0 Å². The Morgan fingerprint density at radius 2 is 2.11 bits per heavy atom. The van der Waals surface area contributed by atoms with E-state index in [0.29, 0.717) is 0 Å². The summed E-state index contributed by atoms with van der Waals surface area (Å²) >= 11 is 4.65. The lowest BCUT2D eigenvalue weighted by molar-refractivity contribution is -0.683. The highest BCUT2D eigenvalue weighted by Crippen LogP contribution is 2.08. The quantitative estimate of drug-likeness (QED) is 0.490. The molecule has 0 radical (unpaired) electrons. The summed E-state index contributed by atoms with van der Waals surface area (Å²) in [7, 11) is 4.09. The summed E-state index contributed by atoms with van der Waals surface area (Å²) in [4.78, 5) is 0. The molecule has 1 heterocycles. The molecule has 50 valence electrons. The van der Waals surface area contributed by atoms with Crippen LogP contribution in [0.1, 0.15) is 0 Å². The Morgan fingerprint density at radius 3 is 2.22 bits per heavy atom. The second-order valence-electron chi connectivity index (χ2n) is 1.92. The maximum atomic E-state index is 2.32. The Morgan fingerprint density at radius 1 is 1.56 bits per heavy atom. The van der Waals surface area contributed by atoms with Gasteiger partial charge in [-0.1, -0.05) is 0 Å². The van der Waals surface area contributed by atoms with Gasteiger partial charge >= 0.3 is 0 Å². The molecule has 0 N–H and O–H groups in total. The molecular weight excluding hydrogens is 342 g/mol. The molecule has 4 heteroatoms. The minimum absolute atomic E-state index is 1.29. The van der Waals surface area contributed by atoms with Crippen LogP contribution in [0.4, 0.5) is 0 Å². The lowest BCUT2D eigenvalue weighted by atomic mass is 10.9. The highest BCUT2D eigenvalue weighted by Gasteiger charge is 2.11. The van der Waals surface area contributed by atoms with E-state index in [2.05, 4.69) is 60.6 Å². The highest BCUT2D eigenvalue weighted by molar-refractivity contribution is 14.1. The van der Waals surface area contributed by atoms with Gasteiger partial charge in [0.1, 0.15) is 0 Å². The zero-order chi connectivity index (χ0) is 7.02. The monoisotopic (exact) mass is 349 g/mol. The first-order valence-corrected chi connectivity index (χ1v) is 4.64. The van der Waals surface area contributed by atoms with Gasteiger partial charge in [0.05, 0.1) is 14.1 Å². The minimum atomic E-state index is 1.29. The molecule has 0 aliphatic carbocycles. The van der Waals surface area contributed by atoms with E-state index in [-0.39, 0.29) is 0 Å². The van der Waals surface area contributed by atoms with E-state index in [0.717, 1.165) is 0 Å². The summed E-state index contributed by atoms with van der Waals surface area (Å²) in [6.45, 7) is 0. The van der Waals surface area contributed by atoms with Crippen molar-refractivity contribution >= 4 is 45.2 Å². The topological polar surface area (TPSA) is 8.81 Å². The fourth-order valence-electron chi connectivity index (χ4n) is 0.652. The summed E-state index contributed by atoms with van der Waals surface area (Å²) < 4.78 is 6.77. The number of nitrogens with zero attached hydrogens (tertiary/aromatic N) is 2. The van der Waals surface area contributed by atoms with Crippen LogP contribution in [0.5, 0.6) is 0 Å². The van der Waals surface area contributed by atoms with Gasteiger partial charge in [-0.3, -0.25) is 0 Å². The second-order valence-corrected chi connectivity index (χ2v) is 3.96. The van der Waals surface area contributed by atoms with Gasteiger partial charge in [-0.05, 0) is 0 Å². The third-order valence-corrected chi connectivity index (χ3v) is 4.71. The van der Waals surface area contributed by atoms with Crippen LogP contribution in [0.3, 0.4) is 0 Å². The molecule has 0 atom stereocenters. The van der Waals surface area contributed by atoms with Crippen molar-refractivity contribution in [3.8, 4) is 0 Å². The number of halogens is 2. The van der Waals surface area contributed by atoms with E-state index >= 15 is 0 Å². The second kappa shape index (κ2) is 2.73. The summed E-state index contributed by atoms with van der Waals surface area (Å²) in [5.41, 5.74) is 0. The van der Waals surface area contributed by atoms with Gasteiger partial charge < -0.3 is 0 Å². The average molecular weight is 349 g/mol. The first-order chi connectivity index (χ1) is 4.13. The molecule has 9 heavy (non-hydrogen) atoms. The predicted molar refractivity (Wildman–Crippen MR) is 52.0 cm³/mol. The van der Waals surface area contributed by atoms with Gasteiger partial charge in [0.25, 0.3) is 0 Å². The zero-order valence-corrected chi connectivity index (χ0v) is 9.54. The van der Waals surface area contributed by atoms with E-state index < -0.39 is 0 Å². The molecule has 0 fully saturated rings.